The Bertz CT molecular complexity index is 410. The highest BCUT2D eigenvalue weighted by atomic mass is 16.4. The molecule has 1 fully saturated rings. The van der Waals surface area contributed by atoms with Gasteiger partial charge in [0.2, 0.25) is 0 Å². The Labute approximate surface area is 106 Å². The molecule has 0 unspecified atom stereocenters. The molecule has 3 N–H and O–H groups in total. The van der Waals surface area contributed by atoms with E-state index in [0.717, 1.165) is 38.5 Å². The monoisotopic (exact) mass is 250 g/mol. The summed E-state index contributed by atoms with van der Waals surface area (Å²) in [7, 11) is 0. The number of nitrogens with zero attached hydrogens (tertiary/aromatic N) is 5. The van der Waals surface area contributed by atoms with Crippen molar-refractivity contribution in [3.8, 4) is 0 Å². The second-order valence-corrected chi connectivity index (χ2v) is 4.17. The van der Waals surface area contributed by atoms with E-state index in [1.54, 1.807) is 6.20 Å². The molecule has 1 saturated heterocycles. The average molecular weight is 250 g/mol. The van der Waals surface area contributed by atoms with E-state index in [1.807, 2.05) is 0 Å². The number of amidine groups is 1. The molecule has 98 valence electrons. The highest BCUT2D eigenvalue weighted by Crippen LogP contribution is 2.12. The molecular formula is C11H18N6O. The summed E-state index contributed by atoms with van der Waals surface area (Å²) in [5, 5.41) is 11.4. The van der Waals surface area contributed by atoms with Crippen LogP contribution in [0.3, 0.4) is 0 Å². The van der Waals surface area contributed by atoms with Gasteiger partial charge in [-0.15, -0.1) is 0 Å². The lowest BCUT2D eigenvalue weighted by molar-refractivity contribution is 0.270. The van der Waals surface area contributed by atoms with Crippen LogP contribution in [0.4, 0.5) is 5.82 Å². The summed E-state index contributed by atoms with van der Waals surface area (Å²) in [4.78, 5) is 13.0. The zero-order valence-electron chi connectivity index (χ0n) is 10.5. The van der Waals surface area contributed by atoms with Gasteiger partial charge in [-0.25, -0.2) is 9.97 Å². The molecule has 0 bridgehead atoms. The molecule has 0 atom stereocenters. The van der Waals surface area contributed by atoms with Gasteiger partial charge in [0, 0.05) is 26.2 Å². The zero-order valence-corrected chi connectivity index (χ0v) is 10.5. The van der Waals surface area contributed by atoms with Crippen LogP contribution in [0.25, 0.3) is 0 Å². The third-order valence-corrected chi connectivity index (χ3v) is 3.15. The van der Waals surface area contributed by atoms with Gasteiger partial charge in [0.05, 0.1) is 12.4 Å². The number of aromatic nitrogens is 2. The highest BCUT2D eigenvalue weighted by Gasteiger charge is 2.17. The Hall–Kier alpha value is -1.89. The number of anilines is 1. The van der Waals surface area contributed by atoms with Gasteiger partial charge >= 0.3 is 0 Å². The quantitative estimate of drug-likeness (QED) is 0.332. The zero-order chi connectivity index (χ0) is 13.0. The summed E-state index contributed by atoms with van der Waals surface area (Å²) < 4.78 is 0. The SMILES string of the molecule is CCN1CCN(c2cnc(C(N)=NO)cn2)CC1. The van der Waals surface area contributed by atoms with Crippen molar-refractivity contribution in [2.45, 2.75) is 6.92 Å². The van der Waals surface area contributed by atoms with Gasteiger partial charge in [0.1, 0.15) is 11.5 Å². The molecule has 1 aromatic heterocycles. The van der Waals surface area contributed by atoms with Crippen molar-refractivity contribution in [3.05, 3.63) is 18.1 Å². The molecule has 1 aromatic rings. The molecule has 0 saturated carbocycles. The lowest BCUT2D eigenvalue weighted by atomic mass is 10.3. The minimum Gasteiger partial charge on any atom is -0.409 e. The van der Waals surface area contributed by atoms with Gasteiger partial charge in [-0.3, -0.25) is 0 Å². The number of hydrogen-bond donors (Lipinski definition) is 2. The van der Waals surface area contributed by atoms with Gasteiger partial charge < -0.3 is 20.7 Å². The Kier molecular flexibility index (Phi) is 3.93. The molecule has 0 radical (unpaired) electrons. The van der Waals surface area contributed by atoms with Crippen molar-refractivity contribution >= 4 is 11.7 Å². The molecule has 0 amide bonds. The molecule has 1 aliphatic rings. The molecule has 7 nitrogen and oxygen atoms in total. The molecule has 1 aliphatic heterocycles. The van der Waals surface area contributed by atoms with Crippen molar-refractivity contribution in [2.75, 3.05) is 37.6 Å². The summed E-state index contributed by atoms with van der Waals surface area (Å²) in [6.45, 7) is 7.24. The normalized spacial score (nSPS) is 18.1. The number of oxime groups is 1. The Morgan fingerprint density at radius 3 is 2.56 bits per heavy atom. The van der Waals surface area contributed by atoms with Crippen LogP contribution in [-0.4, -0.2) is 58.6 Å². The van der Waals surface area contributed by atoms with E-state index in [4.69, 9.17) is 10.9 Å². The Balaban J connectivity index is 2.02. The fourth-order valence-electron chi connectivity index (χ4n) is 1.96. The first-order valence-electron chi connectivity index (χ1n) is 6.02. The van der Waals surface area contributed by atoms with E-state index in [9.17, 15) is 0 Å². The third kappa shape index (κ3) is 2.67. The van der Waals surface area contributed by atoms with Crippen LogP contribution < -0.4 is 10.6 Å². The first kappa shape index (κ1) is 12.6. The maximum absolute atomic E-state index is 8.54. The number of piperazine rings is 1. The second kappa shape index (κ2) is 5.63. The van der Waals surface area contributed by atoms with Gasteiger partial charge in [-0.1, -0.05) is 12.1 Å². The van der Waals surface area contributed by atoms with Crippen LogP contribution in [0.1, 0.15) is 12.6 Å². The second-order valence-electron chi connectivity index (χ2n) is 4.17. The van der Waals surface area contributed by atoms with Crippen LogP contribution in [0.2, 0.25) is 0 Å². The molecular weight excluding hydrogens is 232 g/mol. The first-order valence-corrected chi connectivity index (χ1v) is 6.02. The smallest absolute Gasteiger partial charge is 0.190 e. The Morgan fingerprint density at radius 1 is 1.33 bits per heavy atom. The van der Waals surface area contributed by atoms with Crippen LogP contribution in [0.15, 0.2) is 17.5 Å². The summed E-state index contributed by atoms with van der Waals surface area (Å²) in [5.74, 6) is 0.810. The summed E-state index contributed by atoms with van der Waals surface area (Å²) in [5.41, 5.74) is 5.82. The van der Waals surface area contributed by atoms with Crippen LogP contribution in [0, 0.1) is 0 Å². The van der Waals surface area contributed by atoms with Gasteiger partial charge in [0.25, 0.3) is 0 Å². The van der Waals surface area contributed by atoms with Crippen LogP contribution in [-0.2, 0) is 0 Å². The fraction of sp³-hybridized carbons (Fsp3) is 0.545. The maximum atomic E-state index is 8.54. The van der Waals surface area contributed by atoms with Crippen molar-refractivity contribution in [1.82, 2.24) is 14.9 Å². The van der Waals surface area contributed by atoms with E-state index in [0.29, 0.717) is 5.69 Å². The molecule has 2 heterocycles. The average Bonchev–Trinajstić information content (AvgIpc) is 2.47. The largest absolute Gasteiger partial charge is 0.409 e. The van der Waals surface area contributed by atoms with Crippen molar-refractivity contribution in [3.63, 3.8) is 0 Å². The number of nitrogens with two attached hydrogens (primary N) is 1. The predicted octanol–water partition coefficient (Wildman–Crippen LogP) is -0.287. The molecule has 0 spiro atoms. The molecule has 0 aromatic carbocycles. The molecule has 2 rings (SSSR count). The van der Waals surface area contributed by atoms with Crippen LogP contribution >= 0.6 is 0 Å². The van der Waals surface area contributed by atoms with Gasteiger partial charge in [-0.05, 0) is 6.54 Å². The van der Waals surface area contributed by atoms with Crippen molar-refractivity contribution in [2.24, 2.45) is 10.9 Å². The summed E-state index contributed by atoms with van der Waals surface area (Å²) >= 11 is 0. The van der Waals surface area contributed by atoms with Gasteiger partial charge in [0.15, 0.2) is 5.84 Å². The summed E-state index contributed by atoms with van der Waals surface area (Å²) in [6.07, 6.45) is 3.19. The first-order chi connectivity index (χ1) is 8.74. The van der Waals surface area contributed by atoms with Crippen molar-refractivity contribution < 1.29 is 5.21 Å². The van der Waals surface area contributed by atoms with Gasteiger partial charge in [-0.2, -0.15) is 0 Å². The number of hydrogen-bond acceptors (Lipinski definition) is 6. The molecule has 0 aliphatic carbocycles. The topological polar surface area (TPSA) is 90.9 Å². The van der Waals surface area contributed by atoms with E-state index in [-0.39, 0.29) is 5.84 Å². The van der Waals surface area contributed by atoms with E-state index in [2.05, 4.69) is 31.8 Å². The number of rotatable bonds is 3. The molecule has 7 heteroatoms. The summed E-state index contributed by atoms with van der Waals surface area (Å²) in [6, 6.07) is 0. The highest BCUT2D eigenvalue weighted by molar-refractivity contribution is 5.94. The standard InChI is InChI=1S/C11H18N6O/c1-2-16-3-5-17(6-4-16)10-8-13-9(7-14-10)11(12)15-18/h7-8,18H,2-6H2,1H3,(H2,12,15). The third-order valence-electron chi connectivity index (χ3n) is 3.15. The lowest BCUT2D eigenvalue weighted by Crippen LogP contribution is -2.46. The lowest BCUT2D eigenvalue weighted by Gasteiger charge is -2.34. The Morgan fingerprint density at radius 2 is 2.06 bits per heavy atom. The van der Waals surface area contributed by atoms with E-state index < -0.39 is 0 Å². The molecule has 18 heavy (non-hydrogen) atoms. The maximum Gasteiger partial charge on any atom is 0.190 e. The van der Waals surface area contributed by atoms with E-state index in [1.165, 1.54) is 6.20 Å². The van der Waals surface area contributed by atoms with Crippen molar-refractivity contribution in [1.29, 1.82) is 0 Å². The minimum atomic E-state index is -0.0233. The fourth-order valence-corrected chi connectivity index (χ4v) is 1.96. The van der Waals surface area contributed by atoms with Crippen LogP contribution in [0.5, 0.6) is 0 Å². The minimum absolute atomic E-state index is 0.0233. The van der Waals surface area contributed by atoms with E-state index >= 15 is 0 Å². The predicted molar refractivity (Wildman–Crippen MR) is 68.9 cm³/mol. The number of likely N-dealkylation sites (N-methyl/N-ethyl adjacent to an activating group) is 1.